The molecular formula is C12H13ClN4OS. The molecule has 2 fully saturated rings. The van der Waals surface area contributed by atoms with Crippen molar-refractivity contribution in [2.24, 2.45) is 5.92 Å². The molecule has 0 aromatic carbocycles. The van der Waals surface area contributed by atoms with E-state index in [9.17, 15) is 4.79 Å². The highest BCUT2D eigenvalue weighted by Gasteiger charge is 2.35. The monoisotopic (exact) mass is 296 g/mol. The van der Waals surface area contributed by atoms with Crippen LogP contribution in [0.15, 0.2) is 0 Å². The maximum Gasteiger partial charge on any atom is 0.229 e. The predicted octanol–water partition coefficient (Wildman–Crippen LogP) is 2.46. The zero-order valence-corrected chi connectivity index (χ0v) is 11.7. The Balaban J connectivity index is 1.55. The van der Waals surface area contributed by atoms with Crippen molar-refractivity contribution < 1.29 is 4.79 Å². The fourth-order valence-electron chi connectivity index (χ4n) is 2.21. The number of amides is 1. The number of hydrogen-bond donors (Lipinski definition) is 2. The largest absolute Gasteiger partial charge is 0.321 e. The summed E-state index contributed by atoms with van der Waals surface area (Å²) in [6.07, 6.45) is 5.64. The van der Waals surface area contributed by atoms with Gasteiger partial charge in [0.05, 0.1) is 0 Å². The number of aromatic nitrogens is 1. The lowest BCUT2D eigenvalue weighted by molar-refractivity contribution is -0.122. The van der Waals surface area contributed by atoms with Crippen LogP contribution in [0, 0.1) is 17.4 Å². The molecule has 2 aliphatic carbocycles. The Kier molecular flexibility index (Phi) is 3.33. The number of nitrogens with zero attached hydrogens (tertiary/aromatic N) is 2. The first-order valence-corrected chi connectivity index (χ1v) is 7.48. The molecule has 1 heterocycles. The summed E-state index contributed by atoms with van der Waals surface area (Å²) in [7, 11) is 0. The van der Waals surface area contributed by atoms with Crippen molar-refractivity contribution in [2.75, 3.05) is 5.32 Å². The highest BCUT2D eigenvalue weighted by atomic mass is 35.5. The molecule has 100 valence electrons. The van der Waals surface area contributed by atoms with E-state index in [0.29, 0.717) is 29.0 Å². The Hall–Kier alpha value is -1.32. The second-order valence-corrected chi connectivity index (χ2v) is 6.45. The average molecular weight is 297 g/mol. The average Bonchev–Trinajstić information content (AvgIpc) is 3.08. The van der Waals surface area contributed by atoms with Crippen LogP contribution < -0.4 is 10.6 Å². The van der Waals surface area contributed by atoms with Crippen LogP contribution in [0.1, 0.15) is 36.5 Å². The lowest BCUT2D eigenvalue weighted by atomic mass is 9.80. The summed E-state index contributed by atoms with van der Waals surface area (Å²) in [6, 6.07) is 0.141. The Morgan fingerprint density at radius 2 is 2.21 bits per heavy atom. The van der Waals surface area contributed by atoms with Crippen molar-refractivity contribution in [3.63, 3.8) is 0 Å². The van der Waals surface area contributed by atoms with Crippen molar-refractivity contribution in [1.29, 1.82) is 5.26 Å². The minimum atomic E-state index is -0.0297. The van der Waals surface area contributed by atoms with Gasteiger partial charge in [0.25, 0.3) is 0 Å². The second kappa shape index (κ2) is 4.99. The van der Waals surface area contributed by atoms with E-state index < -0.39 is 0 Å². The smallest absolute Gasteiger partial charge is 0.229 e. The fraction of sp³-hybridized carbons (Fsp3) is 0.583. The molecule has 19 heavy (non-hydrogen) atoms. The van der Waals surface area contributed by atoms with Crippen molar-refractivity contribution >= 4 is 34.0 Å². The van der Waals surface area contributed by atoms with E-state index in [1.165, 1.54) is 24.2 Å². The Labute approximate surface area is 120 Å². The molecule has 2 aliphatic rings. The van der Waals surface area contributed by atoms with E-state index in [0.717, 1.165) is 4.88 Å². The van der Waals surface area contributed by atoms with Crippen molar-refractivity contribution in [1.82, 2.24) is 10.3 Å². The SMILES string of the molecule is N#CNC1CC(C(=O)Nc2nc(Cl)c(C3CC3)s2)C1. The first-order valence-electron chi connectivity index (χ1n) is 6.29. The third-order valence-electron chi connectivity index (χ3n) is 3.57. The van der Waals surface area contributed by atoms with Gasteiger partial charge in [0.15, 0.2) is 11.3 Å². The Morgan fingerprint density at radius 1 is 1.47 bits per heavy atom. The summed E-state index contributed by atoms with van der Waals surface area (Å²) < 4.78 is 0. The van der Waals surface area contributed by atoms with Crippen molar-refractivity contribution in [3.8, 4) is 6.19 Å². The van der Waals surface area contributed by atoms with E-state index in [2.05, 4.69) is 15.6 Å². The lowest BCUT2D eigenvalue weighted by Crippen LogP contribution is -2.44. The van der Waals surface area contributed by atoms with E-state index in [4.69, 9.17) is 16.9 Å². The highest BCUT2D eigenvalue weighted by Crippen LogP contribution is 2.47. The molecule has 0 aliphatic heterocycles. The van der Waals surface area contributed by atoms with Gasteiger partial charge >= 0.3 is 0 Å². The van der Waals surface area contributed by atoms with Crippen LogP contribution in [0.3, 0.4) is 0 Å². The summed E-state index contributed by atoms with van der Waals surface area (Å²) in [5, 5.41) is 15.1. The molecule has 0 radical (unpaired) electrons. The minimum Gasteiger partial charge on any atom is -0.321 e. The molecule has 3 rings (SSSR count). The first-order chi connectivity index (χ1) is 9.17. The third-order valence-corrected chi connectivity index (χ3v) is 5.10. The predicted molar refractivity (Wildman–Crippen MR) is 73.0 cm³/mol. The zero-order valence-electron chi connectivity index (χ0n) is 10.1. The number of nitrogens with one attached hydrogen (secondary N) is 2. The maximum atomic E-state index is 12.0. The molecule has 0 spiro atoms. The summed E-state index contributed by atoms with van der Waals surface area (Å²) in [6.45, 7) is 0. The van der Waals surface area contributed by atoms with E-state index >= 15 is 0 Å². The number of nitriles is 1. The fourth-order valence-corrected chi connectivity index (χ4v) is 3.65. The number of carbonyl (C=O) groups is 1. The van der Waals surface area contributed by atoms with Crippen LogP contribution in [-0.4, -0.2) is 16.9 Å². The topological polar surface area (TPSA) is 77.8 Å². The third kappa shape index (κ3) is 2.67. The van der Waals surface area contributed by atoms with Gasteiger partial charge in [-0.3, -0.25) is 4.79 Å². The molecule has 2 saturated carbocycles. The van der Waals surface area contributed by atoms with Crippen LogP contribution in [-0.2, 0) is 4.79 Å². The standard InChI is InChI=1S/C12H13ClN4OS/c13-10-9(6-1-2-6)19-12(16-10)17-11(18)7-3-8(4-7)15-5-14/h6-8,15H,1-4H2,(H,16,17,18). The lowest BCUT2D eigenvalue weighted by Gasteiger charge is -2.32. The minimum absolute atomic E-state index is 0.0243. The molecule has 5 nitrogen and oxygen atoms in total. The van der Waals surface area contributed by atoms with Gasteiger partial charge in [-0.05, 0) is 31.6 Å². The van der Waals surface area contributed by atoms with E-state index in [1.54, 1.807) is 0 Å². The van der Waals surface area contributed by atoms with E-state index in [-0.39, 0.29) is 17.9 Å². The van der Waals surface area contributed by atoms with Gasteiger partial charge in [-0.2, -0.15) is 5.26 Å². The number of hydrogen-bond acceptors (Lipinski definition) is 5. The van der Waals surface area contributed by atoms with Gasteiger partial charge in [0, 0.05) is 16.8 Å². The normalized spacial score (nSPS) is 25.3. The van der Waals surface area contributed by atoms with Gasteiger partial charge < -0.3 is 10.6 Å². The number of halogens is 1. The van der Waals surface area contributed by atoms with Gasteiger partial charge in [-0.1, -0.05) is 22.9 Å². The Morgan fingerprint density at radius 3 is 2.84 bits per heavy atom. The molecule has 1 amide bonds. The van der Waals surface area contributed by atoms with Gasteiger partial charge in [-0.15, -0.1) is 0 Å². The van der Waals surface area contributed by atoms with Crippen molar-refractivity contribution in [3.05, 3.63) is 10.0 Å². The van der Waals surface area contributed by atoms with Gasteiger partial charge in [0.2, 0.25) is 5.91 Å². The van der Waals surface area contributed by atoms with Crippen LogP contribution in [0.5, 0.6) is 0 Å². The first kappa shape index (κ1) is 12.7. The molecule has 0 saturated heterocycles. The second-order valence-electron chi connectivity index (χ2n) is 5.06. The van der Waals surface area contributed by atoms with Crippen LogP contribution in [0.2, 0.25) is 5.15 Å². The molecule has 0 atom stereocenters. The molecule has 0 bridgehead atoms. The summed E-state index contributed by atoms with van der Waals surface area (Å²) in [4.78, 5) is 17.2. The zero-order chi connectivity index (χ0) is 13.4. The Bertz CT molecular complexity index is 542. The molecule has 1 aromatic heterocycles. The molecule has 2 N–H and O–H groups in total. The van der Waals surface area contributed by atoms with Crippen LogP contribution in [0.4, 0.5) is 5.13 Å². The van der Waals surface area contributed by atoms with Gasteiger partial charge in [-0.25, -0.2) is 4.98 Å². The number of carbonyl (C=O) groups excluding carboxylic acids is 1. The quantitative estimate of drug-likeness (QED) is 0.661. The number of thiazole rings is 1. The summed E-state index contributed by atoms with van der Waals surface area (Å²) in [5.74, 6) is 0.491. The summed E-state index contributed by atoms with van der Waals surface area (Å²) in [5.41, 5.74) is 0. The van der Waals surface area contributed by atoms with Crippen molar-refractivity contribution in [2.45, 2.75) is 37.6 Å². The molecule has 0 unspecified atom stereocenters. The van der Waals surface area contributed by atoms with Crippen LogP contribution >= 0.6 is 22.9 Å². The number of anilines is 1. The van der Waals surface area contributed by atoms with Crippen LogP contribution in [0.25, 0.3) is 0 Å². The van der Waals surface area contributed by atoms with Gasteiger partial charge in [0.1, 0.15) is 5.15 Å². The molecule has 7 heteroatoms. The maximum absolute atomic E-state index is 12.0. The molecular weight excluding hydrogens is 284 g/mol. The highest BCUT2D eigenvalue weighted by molar-refractivity contribution is 7.16. The molecule has 1 aromatic rings. The van der Waals surface area contributed by atoms with E-state index in [1.807, 2.05) is 6.19 Å². The number of rotatable bonds is 4. The summed E-state index contributed by atoms with van der Waals surface area (Å²) >= 11 is 7.54.